The maximum Gasteiger partial charge on any atom is 0.305 e. The van der Waals surface area contributed by atoms with E-state index in [-0.39, 0.29) is 35.8 Å². The summed E-state index contributed by atoms with van der Waals surface area (Å²) in [5.41, 5.74) is 1.98. The lowest BCUT2D eigenvalue weighted by Gasteiger charge is -2.11. The SMILES string of the molecule is Cc1cc(C)cc(Oc2cc(NC(=O)c3ccnn3CCC(=O)O)cc([N+](=O)[O-])c2)c1. The number of nitrogens with zero attached hydrogens (tertiary/aromatic N) is 3. The van der Waals surface area contributed by atoms with E-state index in [1.54, 1.807) is 12.1 Å². The highest BCUT2D eigenvalue weighted by atomic mass is 16.6. The van der Waals surface area contributed by atoms with Gasteiger partial charge in [0.15, 0.2) is 0 Å². The lowest BCUT2D eigenvalue weighted by atomic mass is 10.1. The van der Waals surface area contributed by atoms with E-state index < -0.39 is 16.8 Å². The van der Waals surface area contributed by atoms with E-state index in [4.69, 9.17) is 9.84 Å². The number of carbonyl (C=O) groups excluding carboxylic acids is 1. The summed E-state index contributed by atoms with van der Waals surface area (Å²) in [6, 6.07) is 11.0. The van der Waals surface area contributed by atoms with Crippen LogP contribution in [0.2, 0.25) is 0 Å². The topological polar surface area (TPSA) is 137 Å². The number of aromatic nitrogens is 2. The predicted octanol–water partition coefficient (Wildman–Crippen LogP) is 3.93. The zero-order valence-electron chi connectivity index (χ0n) is 16.9. The fourth-order valence-corrected chi connectivity index (χ4v) is 3.05. The summed E-state index contributed by atoms with van der Waals surface area (Å²) in [6.45, 7) is 3.83. The zero-order chi connectivity index (χ0) is 22.5. The van der Waals surface area contributed by atoms with E-state index in [0.717, 1.165) is 11.1 Å². The number of carbonyl (C=O) groups is 2. The van der Waals surface area contributed by atoms with Gasteiger partial charge in [0, 0.05) is 18.3 Å². The molecule has 0 radical (unpaired) electrons. The molecular formula is C21H20N4O6. The molecule has 2 aromatic carbocycles. The Hall–Kier alpha value is -4.21. The first kappa shape index (κ1) is 21.5. The molecular weight excluding hydrogens is 404 g/mol. The largest absolute Gasteiger partial charge is 0.481 e. The Morgan fingerprint density at radius 1 is 1.13 bits per heavy atom. The highest BCUT2D eigenvalue weighted by Crippen LogP contribution is 2.31. The first-order valence-electron chi connectivity index (χ1n) is 9.32. The number of hydrogen-bond acceptors (Lipinski definition) is 6. The Balaban J connectivity index is 1.86. The summed E-state index contributed by atoms with van der Waals surface area (Å²) in [5.74, 6) is -0.898. The number of non-ortho nitro benzene ring substituents is 1. The molecule has 3 rings (SSSR count). The summed E-state index contributed by atoms with van der Waals surface area (Å²) >= 11 is 0. The van der Waals surface area contributed by atoms with Crippen LogP contribution in [0.25, 0.3) is 0 Å². The van der Waals surface area contributed by atoms with Gasteiger partial charge in [0.25, 0.3) is 11.6 Å². The van der Waals surface area contributed by atoms with Crippen molar-refractivity contribution in [3.63, 3.8) is 0 Å². The molecule has 1 amide bonds. The number of anilines is 1. The van der Waals surface area contributed by atoms with Crippen LogP contribution < -0.4 is 10.1 Å². The lowest BCUT2D eigenvalue weighted by Crippen LogP contribution is -2.19. The van der Waals surface area contributed by atoms with Gasteiger partial charge in [-0.15, -0.1) is 0 Å². The van der Waals surface area contributed by atoms with Crippen molar-refractivity contribution in [2.45, 2.75) is 26.8 Å². The first-order chi connectivity index (χ1) is 14.7. The molecule has 0 unspecified atom stereocenters. The Morgan fingerprint density at radius 2 is 1.81 bits per heavy atom. The number of carboxylic acids is 1. The van der Waals surface area contributed by atoms with Crippen LogP contribution in [-0.4, -0.2) is 31.7 Å². The van der Waals surface area contributed by atoms with Crippen molar-refractivity contribution in [2.24, 2.45) is 0 Å². The fraction of sp³-hybridized carbons (Fsp3) is 0.190. The number of aryl methyl sites for hydroxylation is 3. The second-order valence-corrected chi connectivity index (χ2v) is 6.94. The van der Waals surface area contributed by atoms with Crippen LogP contribution in [0.15, 0.2) is 48.7 Å². The molecule has 0 aliphatic carbocycles. The van der Waals surface area contributed by atoms with Crippen LogP contribution in [0.3, 0.4) is 0 Å². The molecule has 1 heterocycles. The third-order valence-corrected chi connectivity index (χ3v) is 4.28. The molecule has 160 valence electrons. The van der Waals surface area contributed by atoms with Crippen molar-refractivity contribution in [3.8, 4) is 11.5 Å². The summed E-state index contributed by atoms with van der Waals surface area (Å²) in [4.78, 5) is 34.2. The average Bonchev–Trinajstić information content (AvgIpc) is 3.14. The minimum atomic E-state index is -1.02. The summed E-state index contributed by atoms with van der Waals surface area (Å²) < 4.78 is 7.05. The molecule has 10 nitrogen and oxygen atoms in total. The van der Waals surface area contributed by atoms with Gasteiger partial charge >= 0.3 is 5.97 Å². The minimum Gasteiger partial charge on any atom is -0.481 e. The second-order valence-electron chi connectivity index (χ2n) is 6.94. The van der Waals surface area contributed by atoms with Gasteiger partial charge in [-0.3, -0.25) is 24.4 Å². The third-order valence-electron chi connectivity index (χ3n) is 4.28. The third kappa shape index (κ3) is 5.66. The minimum absolute atomic E-state index is 0.0150. The number of carboxylic acid groups (broad SMARTS) is 1. The highest BCUT2D eigenvalue weighted by Gasteiger charge is 2.17. The van der Waals surface area contributed by atoms with Crippen molar-refractivity contribution < 1.29 is 24.4 Å². The van der Waals surface area contributed by atoms with Gasteiger partial charge in [0.2, 0.25) is 0 Å². The standard InChI is InChI=1S/C21H20N4O6/c1-13-7-14(2)9-17(8-13)31-18-11-15(10-16(12-18)25(29)30)23-21(28)19-3-5-22-24(19)6-4-20(26)27/h3,5,7-12H,4,6H2,1-2H3,(H,23,28)(H,26,27). The number of rotatable bonds is 8. The fourth-order valence-electron chi connectivity index (χ4n) is 3.05. The van der Waals surface area contributed by atoms with Gasteiger partial charge < -0.3 is 15.2 Å². The van der Waals surface area contributed by atoms with Crippen molar-refractivity contribution in [1.29, 1.82) is 0 Å². The average molecular weight is 424 g/mol. The molecule has 3 aromatic rings. The molecule has 0 atom stereocenters. The van der Waals surface area contributed by atoms with Gasteiger partial charge in [-0.25, -0.2) is 0 Å². The van der Waals surface area contributed by atoms with E-state index in [9.17, 15) is 19.7 Å². The van der Waals surface area contributed by atoms with E-state index in [1.807, 2.05) is 19.9 Å². The molecule has 0 spiro atoms. The van der Waals surface area contributed by atoms with Crippen LogP contribution in [0.4, 0.5) is 11.4 Å². The maximum atomic E-state index is 12.7. The molecule has 0 bridgehead atoms. The molecule has 0 aliphatic rings. The van der Waals surface area contributed by atoms with Gasteiger partial charge in [-0.05, 0) is 43.2 Å². The molecule has 0 saturated heterocycles. The molecule has 2 N–H and O–H groups in total. The first-order valence-corrected chi connectivity index (χ1v) is 9.32. The summed E-state index contributed by atoms with van der Waals surface area (Å²) in [7, 11) is 0. The summed E-state index contributed by atoms with van der Waals surface area (Å²) in [5, 5.41) is 26.7. The smallest absolute Gasteiger partial charge is 0.305 e. The highest BCUT2D eigenvalue weighted by molar-refractivity contribution is 6.03. The Labute approximate surface area is 177 Å². The number of amides is 1. The van der Waals surface area contributed by atoms with E-state index in [2.05, 4.69) is 10.4 Å². The molecule has 0 fully saturated rings. The van der Waals surface area contributed by atoms with Crippen LogP contribution in [-0.2, 0) is 11.3 Å². The van der Waals surface area contributed by atoms with Crippen molar-refractivity contribution in [3.05, 3.63) is 75.6 Å². The molecule has 1 aromatic heterocycles. The number of nitro groups is 1. The number of nitro benzene ring substituents is 1. The Morgan fingerprint density at radius 3 is 2.45 bits per heavy atom. The Kier molecular flexibility index (Phi) is 6.29. The quantitative estimate of drug-likeness (QED) is 0.413. The molecule has 10 heteroatoms. The van der Waals surface area contributed by atoms with Gasteiger partial charge in [0.1, 0.15) is 17.2 Å². The van der Waals surface area contributed by atoms with Crippen LogP contribution in [0.5, 0.6) is 11.5 Å². The number of benzene rings is 2. The summed E-state index contributed by atoms with van der Waals surface area (Å²) in [6.07, 6.45) is 1.17. The Bertz CT molecular complexity index is 1130. The van der Waals surface area contributed by atoms with Gasteiger partial charge in [-0.1, -0.05) is 6.07 Å². The predicted molar refractivity (Wildman–Crippen MR) is 112 cm³/mol. The van der Waals surface area contributed by atoms with Crippen LogP contribution in [0, 0.1) is 24.0 Å². The van der Waals surface area contributed by atoms with Crippen LogP contribution >= 0.6 is 0 Å². The number of ether oxygens (including phenoxy) is 1. The molecule has 0 aliphatic heterocycles. The maximum absolute atomic E-state index is 12.7. The molecule has 0 saturated carbocycles. The monoisotopic (exact) mass is 424 g/mol. The zero-order valence-corrected chi connectivity index (χ0v) is 16.9. The van der Waals surface area contributed by atoms with E-state index in [0.29, 0.717) is 5.75 Å². The van der Waals surface area contributed by atoms with E-state index >= 15 is 0 Å². The lowest BCUT2D eigenvalue weighted by molar-refractivity contribution is -0.384. The number of nitrogens with one attached hydrogen (secondary N) is 1. The van der Waals surface area contributed by atoms with Gasteiger partial charge in [0.05, 0.1) is 29.6 Å². The van der Waals surface area contributed by atoms with Crippen molar-refractivity contribution >= 4 is 23.3 Å². The number of aliphatic carboxylic acids is 1. The number of hydrogen-bond donors (Lipinski definition) is 2. The van der Waals surface area contributed by atoms with Crippen LogP contribution in [0.1, 0.15) is 28.0 Å². The molecule has 31 heavy (non-hydrogen) atoms. The second kappa shape index (κ2) is 9.08. The van der Waals surface area contributed by atoms with E-state index in [1.165, 1.54) is 35.1 Å². The van der Waals surface area contributed by atoms with Gasteiger partial charge in [-0.2, -0.15) is 5.10 Å². The van der Waals surface area contributed by atoms with Crippen molar-refractivity contribution in [1.82, 2.24) is 9.78 Å². The van der Waals surface area contributed by atoms with Crippen molar-refractivity contribution in [2.75, 3.05) is 5.32 Å². The normalized spacial score (nSPS) is 10.5.